The van der Waals surface area contributed by atoms with E-state index in [4.69, 9.17) is 4.74 Å². The lowest BCUT2D eigenvalue weighted by atomic mass is 9.95. The maximum atomic E-state index is 9.99. The molecule has 2 heterocycles. The highest BCUT2D eigenvalue weighted by Crippen LogP contribution is 2.31. The Morgan fingerprint density at radius 2 is 2.32 bits per heavy atom. The summed E-state index contributed by atoms with van der Waals surface area (Å²) in [5.41, 5.74) is 3.27. The third-order valence-electron chi connectivity index (χ3n) is 3.57. The molecule has 19 heavy (non-hydrogen) atoms. The molecule has 0 amide bonds. The van der Waals surface area contributed by atoms with Crippen LogP contribution in [0.3, 0.4) is 0 Å². The minimum atomic E-state index is -0.319. The minimum Gasteiger partial charge on any atom is -0.478 e. The van der Waals surface area contributed by atoms with Crippen molar-refractivity contribution in [3.8, 4) is 11.6 Å². The maximum Gasteiger partial charge on any atom is 0.213 e. The van der Waals surface area contributed by atoms with E-state index < -0.39 is 0 Å². The van der Waals surface area contributed by atoms with Gasteiger partial charge < -0.3 is 14.4 Å². The van der Waals surface area contributed by atoms with E-state index in [1.165, 1.54) is 5.69 Å². The predicted octanol–water partition coefficient (Wildman–Crippen LogP) is 2.64. The Balaban J connectivity index is 1.94. The van der Waals surface area contributed by atoms with Crippen molar-refractivity contribution in [2.75, 3.05) is 6.61 Å². The first-order valence-electron chi connectivity index (χ1n) is 6.77. The number of hydrogen-bond donors (Lipinski definition) is 1. The van der Waals surface area contributed by atoms with E-state index in [1.54, 1.807) is 0 Å². The van der Waals surface area contributed by atoms with Gasteiger partial charge in [-0.05, 0) is 38.3 Å². The van der Waals surface area contributed by atoms with Crippen molar-refractivity contribution >= 4 is 0 Å². The molecule has 0 saturated heterocycles. The lowest BCUT2D eigenvalue weighted by Crippen LogP contribution is -2.11. The highest BCUT2D eigenvalue weighted by molar-refractivity contribution is 5.39. The number of nitrogens with zero attached hydrogens (tertiary/aromatic N) is 2. The van der Waals surface area contributed by atoms with Gasteiger partial charge in [-0.1, -0.05) is 0 Å². The number of hydrogen-bond acceptors (Lipinski definition) is 3. The van der Waals surface area contributed by atoms with Crippen LogP contribution in [-0.4, -0.2) is 21.3 Å². The second-order valence-corrected chi connectivity index (χ2v) is 4.78. The van der Waals surface area contributed by atoms with Gasteiger partial charge in [0.25, 0.3) is 0 Å². The Kier molecular flexibility index (Phi) is 3.25. The summed E-state index contributed by atoms with van der Waals surface area (Å²) in [6.45, 7) is 2.57. The fourth-order valence-corrected chi connectivity index (χ4v) is 2.66. The van der Waals surface area contributed by atoms with Gasteiger partial charge in [-0.3, -0.25) is 0 Å². The largest absolute Gasteiger partial charge is 0.478 e. The Bertz CT molecular complexity index is 560. The molecule has 1 aliphatic carbocycles. The molecule has 4 nitrogen and oxygen atoms in total. The molecule has 1 unspecified atom stereocenters. The summed E-state index contributed by atoms with van der Waals surface area (Å²) in [7, 11) is 0. The molecule has 100 valence electrons. The number of aromatic nitrogens is 2. The Hall–Kier alpha value is -1.81. The monoisotopic (exact) mass is 258 g/mol. The van der Waals surface area contributed by atoms with Crippen LogP contribution in [0.4, 0.5) is 0 Å². The second-order valence-electron chi connectivity index (χ2n) is 4.78. The standard InChI is InChI=1S/C15H18N2O2/c1-2-19-15-7-6-11(10-16-15)17-9-8-12-13(17)4-3-5-14(12)18/h6-10,14,18H,2-5H2,1H3. The molecule has 0 radical (unpaired) electrons. The molecule has 1 N–H and O–H groups in total. The van der Waals surface area contributed by atoms with Gasteiger partial charge >= 0.3 is 0 Å². The van der Waals surface area contributed by atoms with E-state index in [2.05, 4.69) is 9.55 Å². The Morgan fingerprint density at radius 1 is 1.42 bits per heavy atom. The second kappa shape index (κ2) is 5.05. The Labute approximate surface area is 112 Å². The van der Waals surface area contributed by atoms with Crippen molar-refractivity contribution in [1.82, 2.24) is 9.55 Å². The zero-order valence-corrected chi connectivity index (χ0v) is 11.0. The number of pyridine rings is 1. The molecule has 0 aromatic carbocycles. The van der Waals surface area contributed by atoms with Crippen molar-refractivity contribution in [1.29, 1.82) is 0 Å². The number of rotatable bonds is 3. The number of fused-ring (bicyclic) bond motifs is 1. The van der Waals surface area contributed by atoms with Crippen LogP contribution in [0.1, 0.15) is 37.1 Å². The van der Waals surface area contributed by atoms with Gasteiger partial charge in [0.1, 0.15) is 0 Å². The molecule has 4 heteroatoms. The lowest BCUT2D eigenvalue weighted by molar-refractivity contribution is 0.156. The summed E-state index contributed by atoms with van der Waals surface area (Å²) in [6.07, 6.45) is 6.40. The minimum absolute atomic E-state index is 0.319. The molecular formula is C15H18N2O2. The maximum absolute atomic E-state index is 9.99. The smallest absolute Gasteiger partial charge is 0.213 e. The molecule has 1 atom stereocenters. The van der Waals surface area contributed by atoms with Crippen LogP contribution >= 0.6 is 0 Å². The van der Waals surface area contributed by atoms with Crippen molar-refractivity contribution in [3.63, 3.8) is 0 Å². The summed E-state index contributed by atoms with van der Waals surface area (Å²) in [6, 6.07) is 5.89. The molecule has 3 rings (SSSR count). The van der Waals surface area contributed by atoms with Crippen molar-refractivity contribution < 1.29 is 9.84 Å². The first-order valence-corrected chi connectivity index (χ1v) is 6.77. The lowest BCUT2D eigenvalue weighted by Gasteiger charge is -2.20. The SMILES string of the molecule is CCOc1ccc(-n2ccc3c2CCCC3O)cn1. The number of aliphatic hydroxyl groups is 1. The molecule has 2 aromatic rings. The van der Waals surface area contributed by atoms with Gasteiger partial charge in [0, 0.05) is 23.5 Å². The van der Waals surface area contributed by atoms with Gasteiger partial charge in [0.15, 0.2) is 0 Å². The average Bonchev–Trinajstić information content (AvgIpc) is 2.85. The van der Waals surface area contributed by atoms with Gasteiger partial charge in [0.2, 0.25) is 5.88 Å². The molecule has 0 fully saturated rings. The van der Waals surface area contributed by atoms with Crippen LogP contribution in [0.15, 0.2) is 30.6 Å². The third-order valence-corrected chi connectivity index (χ3v) is 3.57. The Morgan fingerprint density at radius 3 is 3.05 bits per heavy atom. The molecule has 2 aromatic heterocycles. The first kappa shape index (κ1) is 12.2. The van der Waals surface area contributed by atoms with Gasteiger partial charge in [-0.2, -0.15) is 0 Å². The third kappa shape index (κ3) is 2.24. The zero-order valence-electron chi connectivity index (χ0n) is 11.0. The van der Waals surface area contributed by atoms with Gasteiger partial charge in [0.05, 0.1) is 24.6 Å². The van der Waals surface area contributed by atoms with Crippen LogP contribution in [0.5, 0.6) is 5.88 Å². The van der Waals surface area contributed by atoms with Crippen molar-refractivity contribution in [2.45, 2.75) is 32.3 Å². The number of aliphatic hydroxyl groups excluding tert-OH is 1. The van der Waals surface area contributed by atoms with E-state index in [0.29, 0.717) is 12.5 Å². The molecule has 0 bridgehead atoms. The van der Waals surface area contributed by atoms with E-state index in [9.17, 15) is 5.11 Å². The van der Waals surface area contributed by atoms with E-state index in [0.717, 1.165) is 30.5 Å². The van der Waals surface area contributed by atoms with Crippen LogP contribution in [0.2, 0.25) is 0 Å². The van der Waals surface area contributed by atoms with E-state index in [1.807, 2.05) is 37.5 Å². The first-order chi connectivity index (χ1) is 9.29. The number of ether oxygens (including phenoxy) is 1. The summed E-state index contributed by atoms with van der Waals surface area (Å²) in [4.78, 5) is 4.29. The predicted molar refractivity (Wildman–Crippen MR) is 72.6 cm³/mol. The zero-order chi connectivity index (χ0) is 13.2. The summed E-state index contributed by atoms with van der Waals surface area (Å²) < 4.78 is 7.46. The fraction of sp³-hybridized carbons (Fsp3) is 0.400. The summed E-state index contributed by atoms with van der Waals surface area (Å²) >= 11 is 0. The van der Waals surface area contributed by atoms with Crippen LogP contribution in [0.25, 0.3) is 5.69 Å². The summed E-state index contributed by atoms with van der Waals surface area (Å²) in [5.74, 6) is 0.646. The van der Waals surface area contributed by atoms with Crippen LogP contribution in [0, 0.1) is 0 Å². The highest BCUT2D eigenvalue weighted by Gasteiger charge is 2.21. The molecule has 0 aliphatic heterocycles. The van der Waals surface area contributed by atoms with E-state index >= 15 is 0 Å². The van der Waals surface area contributed by atoms with E-state index in [-0.39, 0.29) is 6.10 Å². The van der Waals surface area contributed by atoms with Gasteiger partial charge in [-0.15, -0.1) is 0 Å². The molecular weight excluding hydrogens is 240 g/mol. The molecule has 0 saturated carbocycles. The average molecular weight is 258 g/mol. The van der Waals surface area contributed by atoms with Crippen molar-refractivity contribution in [3.05, 3.63) is 41.9 Å². The summed E-state index contributed by atoms with van der Waals surface area (Å²) in [5, 5.41) is 9.99. The highest BCUT2D eigenvalue weighted by atomic mass is 16.5. The van der Waals surface area contributed by atoms with Crippen LogP contribution in [-0.2, 0) is 6.42 Å². The normalized spacial score (nSPS) is 18.1. The van der Waals surface area contributed by atoms with Crippen LogP contribution < -0.4 is 4.74 Å². The van der Waals surface area contributed by atoms with Gasteiger partial charge in [-0.25, -0.2) is 4.98 Å². The topological polar surface area (TPSA) is 47.3 Å². The molecule has 1 aliphatic rings. The van der Waals surface area contributed by atoms with Crippen molar-refractivity contribution in [2.24, 2.45) is 0 Å². The molecule has 0 spiro atoms. The fourth-order valence-electron chi connectivity index (χ4n) is 2.66. The quantitative estimate of drug-likeness (QED) is 0.920.